The van der Waals surface area contributed by atoms with Gasteiger partial charge in [-0.1, -0.05) is 90.0 Å². The number of azide groups is 1. The van der Waals surface area contributed by atoms with E-state index in [1.54, 1.807) is 31.9 Å². The summed E-state index contributed by atoms with van der Waals surface area (Å²) in [6, 6.07) is 6.92. The first-order valence-corrected chi connectivity index (χ1v) is 12.6. The predicted molar refractivity (Wildman–Crippen MR) is 146 cm³/mol. The zero-order valence-electron chi connectivity index (χ0n) is 23.9. The van der Waals surface area contributed by atoms with Gasteiger partial charge in [0.2, 0.25) is 11.8 Å². The number of carbonyl (C=O) groups is 3. The first kappa shape index (κ1) is 31.7. The minimum atomic E-state index is -1.09. The van der Waals surface area contributed by atoms with Gasteiger partial charge in [0.15, 0.2) is 0 Å². The molecule has 0 aromatic heterocycles. The zero-order chi connectivity index (χ0) is 28.6. The number of likely N-dealkylation sites (N-methyl/N-ethyl adjacent to an activating group) is 1. The van der Waals surface area contributed by atoms with Crippen LogP contribution in [0.5, 0.6) is 0 Å². The quantitative estimate of drug-likeness (QED) is 0.144. The summed E-state index contributed by atoms with van der Waals surface area (Å²) in [6.07, 6.45) is 1.73. The average Bonchev–Trinajstić information content (AvgIpc) is 2.82. The van der Waals surface area contributed by atoms with Crippen LogP contribution >= 0.6 is 0 Å². The van der Waals surface area contributed by atoms with Crippen LogP contribution in [0, 0.1) is 11.3 Å². The highest BCUT2D eigenvalue weighted by atomic mass is 16.5. The molecule has 0 aliphatic carbocycles. The van der Waals surface area contributed by atoms with E-state index in [2.05, 4.69) is 15.3 Å². The maximum absolute atomic E-state index is 13.8. The zero-order valence-corrected chi connectivity index (χ0v) is 23.9. The molecule has 9 heteroatoms. The summed E-state index contributed by atoms with van der Waals surface area (Å²) >= 11 is 0. The van der Waals surface area contributed by atoms with E-state index in [4.69, 9.17) is 4.74 Å². The molecule has 9 nitrogen and oxygen atoms in total. The Labute approximate surface area is 221 Å². The summed E-state index contributed by atoms with van der Waals surface area (Å²) in [5.41, 5.74) is 9.01. The second-order valence-corrected chi connectivity index (χ2v) is 11.3. The van der Waals surface area contributed by atoms with E-state index in [0.717, 1.165) is 5.56 Å². The van der Waals surface area contributed by atoms with E-state index in [-0.39, 0.29) is 18.4 Å². The van der Waals surface area contributed by atoms with Gasteiger partial charge in [0.05, 0.1) is 12.6 Å². The summed E-state index contributed by atoms with van der Waals surface area (Å²) < 4.78 is 5.09. The van der Waals surface area contributed by atoms with Crippen molar-refractivity contribution in [2.45, 2.75) is 85.9 Å². The van der Waals surface area contributed by atoms with Crippen molar-refractivity contribution in [2.24, 2.45) is 16.4 Å². The molecule has 204 valence electrons. The molecule has 0 saturated heterocycles. The van der Waals surface area contributed by atoms with Crippen LogP contribution in [-0.4, -0.2) is 54.5 Å². The summed E-state index contributed by atoms with van der Waals surface area (Å²) in [6.45, 7) is 16.8. The molecule has 0 bridgehead atoms. The van der Waals surface area contributed by atoms with E-state index in [1.165, 1.54) is 0 Å². The average molecular weight is 514 g/mol. The highest BCUT2D eigenvalue weighted by Crippen LogP contribution is 2.31. The first-order valence-electron chi connectivity index (χ1n) is 12.6. The molecule has 0 spiro atoms. The molecule has 0 aliphatic rings. The Kier molecular flexibility index (Phi) is 11.4. The van der Waals surface area contributed by atoms with Crippen molar-refractivity contribution < 1.29 is 19.1 Å². The van der Waals surface area contributed by atoms with Crippen LogP contribution in [0.25, 0.3) is 10.4 Å². The molecule has 1 aromatic carbocycles. The van der Waals surface area contributed by atoms with Crippen molar-refractivity contribution in [3.63, 3.8) is 0 Å². The molecular formula is C28H43N5O4. The van der Waals surface area contributed by atoms with Crippen molar-refractivity contribution in [3.05, 3.63) is 58.0 Å². The molecule has 0 heterocycles. The smallest absolute Gasteiger partial charge is 0.333 e. The standard InChI is InChI=1S/C28H43N5O4/c1-11-37-26(36)19(4)17-21(18(2)3)33(10)25(35)23(27(5,6)7)30-24(34)22(31-32-29)28(8,9)20-15-13-12-14-16-20/h12-18,21-23H,11H2,1-10H3,(H,30,34)/t21-,22+,23-/m1/s1. The van der Waals surface area contributed by atoms with Crippen LogP contribution in [0.2, 0.25) is 0 Å². The SMILES string of the molecule is CCOC(=O)C(C)=C[C@H](C(C)C)N(C)C(=O)[C@@H](NC(=O)[C@H](N=[N+]=[N-])C(C)(C)c1ccccc1)C(C)(C)C. The fraction of sp³-hybridized carbons (Fsp3) is 0.607. The number of nitrogens with zero attached hydrogens (tertiary/aromatic N) is 4. The topological polar surface area (TPSA) is 124 Å². The van der Waals surface area contributed by atoms with Gasteiger partial charge in [-0.15, -0.1) is 0 Å². The molecule has 0 saturated carbocycles. The Balaban J connectivity index is 3.36. The molecule has 0 fully saturated rings. The van der Waals surface area contributed by atoms with Crippen LogP contribution < -0.4 is 5.32 Å². The highest BCUT2D eigenvalue weighted by molar-refractivity contribution is 5.92. The lowest BCUT2D eigenvalue weighted by atomic mass is 9.77. The van der Waals surface area contributed by atoms with Gasteiger partial charge >= 0.3 is 5.97 Å². The van der Waals surface area contributed by atoms with E-state index >= 15 is 0 Å². The summed E-state index contributed by atoms with van der Waals surface area (Å²) in [4.78, 5) is 44.0. The number of nitrogens with one attached hydrogen (secondary N) is 1. The summed E-state index contributed by atoms with van der Waals surface area (Å²) in [5.74, 6) is -1.30. The van der Waals surface area contributed by atoms with Crippen LogP contribution in [-0.2, 0) is 24.5 Å². The van der Waals surface area contributed by atoms with E-state index in [9.17, 15) is 19.9 Å². The van der Waals surface area contributed by atoms with E-state index in [0.29, 0.717) is 5.57 Å². The molecule has 37 heavy (non-hydrogen) atoms. The van der Waals surface area contributed by atoms with Crippen LogP contribution in [0.1, 0.15) is 67.9 Å². The molecule has 0 radical (unpaired) electrons. The Morgan fingerprint density at radius 1 is 1.14 bits per heavy atom. The van der Waals surface area contributed by atoms with Crippen LogP contribution in [0.4, 0.5) is 0 Å². The van der Waals surface area contributed by atoms with Crippen molar-refractivity contribution in [3.8, 4) is 0 Å². The van der Waals surface area contributed by atoms with Gasteiger partial charge in [-0.2, -0.15) is 0 Å². The van der Waals surface area contributed by atoms with Crippen LogP contribution in [0.3, 0.4) is 0 Å². The van der Waals surface area contributed by atoms with Crippen molar-refractivity contribution in [2.75, 3.05) is 13.7 Å². The largest absolute Gasteiger partial charge is 0.463 e. The number of carbonyl (C=O) groups excluding carboxylic acids is 3. The van der Waals surface area contributed by atoms with Gasteiger partial charge in [-0.3, -0.25) is 9.59 Å². The fourth-order valence-corrected chi connectivity index (χ4v) is 4.14. The van der Waals surface area contributed by atoms with Gasteiger partial charge in [-0.05, 0) is 36.3 Å². The summed E-state index contributed by atoms with van der Waals surface area (Å²) in [7, 11) is 1.66. The Morgan fingerprint density at radius 3 is 2.16 bits per heavy atom. The van der Waals surface area contributed by atoms with Gasteiger partial charge in [0.1, 0.15) is 12.1 Å². The number of hydrogen-bond donors (Lipinski definition) is 1. The Morgan fingerprint density at radius 2 is 1.70 bits per heavy atom. The third kappa shape index (κ3) is 8.35. The third-order valence-corrected chi connectivity index (χ3v) is 6.51. The van der Waals surface area contributed by atoms with Crippen molar-refractivity contribution >= 4 is 17.8 Å². The Bertz CT molecular complexity index is 1020. The molecule has 1 N–H and O–H groups in total. The van der Waals surface area contributed by atoms with Gasteiger partial charge in [-0.25, -0.2) is 4.79 Å². The van der Waals surface area contributed by atoms with Gasteiger partial charge in [0.25, 0.3) is 0 Å². The number of rotatable bonds is 11. The number of esters is 1. The molecule has 1 aromatic rings. The second kappa shape index (κ2) is 13.3. The lowest BCUT2D eigenvalue weighted by Gasteiger charge is -2.39. The first-order chi connectivity index (χ1) is 17.1. The highest BCUT2D eigenvalue weighted by Gasteiger charge is 2.41. The minimum absolute atomic E-state index is 0.0115. The fourth-order valence-electron chi connectivity index (χ4n) is 4.14. The minimum Gasteiger partial charge on any atom is -0.463 e. The van der Waals surface area contributed by atoms with Crippen molar-refractivity contribution in [1.82, 2.24) is 10.2 Å². The number of ether oxygens (including phenoxy) is 1. The van der Waals surface area contributed by atoms with E-state index < -0.39 is 40.8 Å². The molecule has 0 aliphatic heterocycles. The molecule has 2 amide bonds. The van der Waals surface area contributed by atoms with Gasteiger partial charge in [0, 0.05) is 22.9 Å². The maximum Gasteiger partial charge on any atom is 0.333 e. The molecule has 0 unspecified atom stereocenters. The monoisotopic (exact) mass is 513 g/mol. The normalized spacial score (nSPS) is 14.7. The maximum atomic E-state index is 13.8. The lowest BCUT2D eigenvalue weighted by molar-refractivity contribution is -0.141. The Hall–Kier alpha value is -3.32. The summed E-state index contributed by atoms with van der Waals surface area (Å²) in [5, 5.41) is 6.72. The predicted octanol–water partition coefficient (Wildman–Crippen LogP) is 5.17. The van der Waals surface area contributed by atoms with Gasteiger partial charge < -0.3 is 15.0 Å². The number of amides is 2. The van der Waals surface area contributed by atoms with Crippen LogP contribution in [0.15, 0.2) is 47.1 Å². The lowest BCUT2D eigenvalue weighted by Crippen LogP contribution is -2.59. The molecular weight excluding hydrogens is 470 g/mol. The molecule has 3 atom stereocenters. The van der Waals surface area contributed by atoms with E-state index in [1.807, 2.05) is 78.8 Å². The molecule has 1 rings (SSSR count). The van der Waals surface area contributed by atoms with Crippen molar-refractivity contribution in [1.29, 1.82) is 0 Å². The third-order valence-electron chi connectivity index (χ3n) is 6.51. The number of benzene rings is 1. The number of hydrogen-bond acceptors (Lipinski definition) is 5. The second-order valence-electron chi connectivity index (χ2n) is 11.3.